The number of Topliss-reactive ketones (excluding diaryl/α,β-unsaturated/α-hetero) is 1. The number of methoxy groups -OCH3 is 1. The summed E-state index contributed by atoms with van der Waals surface area (Å²) >= 11 is 0. The minimum atomic E-state index is -0.284. The smallest absolute Gasteiger partial charge is 0.246 e. The van der Waals surface area contributed by atoms with Crippen LogP contribution in [0.5, 0.6) is 5.75 Å². The van der Waals surface area contributed by atoms with Gasteiger partial charge >= 0.3 is 0 Å². The highest BCUT2D eigenvalue weighted by atomic mass is 16.5. The van der Waals surface area contributed by atoms with Crippen molar-refractivity contribution in [2.45, 2.75) is 91.8 Å². The van der Waals surface area contributed by atoms with Gasteiger partial charge in [-0.05, 0) is 89.0 Å². The van der Waals surface area contributed by atoms with Gasteiger partial charge in [0, 0.05) is 19.5 Å². The summed E-state index contributed by atoms with van der Waals surface area (Å²) in [5.41, 5.74) is 1.12. The number of hydrogen-bond donors (Lipinski definition) is 2. The van der Waals surface area contributed by atoms with Crippen molar-refractivity contribution >= 4 is 11.7 Å². The van der Waals surface area contributed by atoms with Crippen LogP contribution < -0.4 is 10.1 Å². The second-order valence-electron chi connectivity index (χ2n) is 12.5. The molecular weight excluding hydrogens is 468 g/mol. The largest absolute Gasteiger partial charge is 0.497 e. The molecular formula is C30H52N2O5. The number of likely N-dealkylation sites (N-methyl/N-ethyl adjacent to an activating group) is 1. The Bertz CT molecular complexity index is 788. The molecule has 1 saturated carbocycles. The van der Waals surface area contributed by atoms with Crippen LogP contribution in [0.15, 0.2) is 24.3 Å². The van der Waals surface area contributed by atoms with Gasteiger partial charge in [-0.15, -0.1) is 0 Å². The van der Waals surface area contributed by atoms with Crippen molar-refractivity contribution < 1.29 is 24.2 Å². The maximum absolute atomic E-state index is 12.0. The third-order valence-electron chi connectivity index (χ3n) is 6.05. The monoisotopic (exact) mass is 520 g/mol. The standard InChI is InChI=1S/C15H23NO3.C15H29NO2/c1-15(2,3)19-11-14(17)16-10-9-12-5-7-13(18-4)8-6-12;1-15(2,3)11-16(4)10-14(18)9-12-5-7-13(17)8-6-12/h5-8H,9-11H2,1-4H3,(H,16,17);12-13,17H,5-11H2,1-4H3. The number of benzene rings is 1. The topological polar surface area (TPSA) is 88.1 Å². The Kier molecular flexibility index (Phi) is 14.4. The second kappa shape index (κ2) is 16.1. The Morgan fingerprint density at radius 3 is 2.14 bits per heavy atom. The Labute approximate surface area is 225 Å². The Morgan fingerprint density at radius 2 is 1.62 bits per heavy atom. The van der Waals surface area contributed by atoms with Crippen molar-refractivity contribution in [3.05, 3.63) is 29.8 Å². The van der Waals surface area contributed by atoms with Crippen LogP contribution in [0.2, 0.25) is 0 Å². The molecule has 1 fully saturated rings. The first-order valence-corrected chi connectivity index (χ1v) is 13.6. The van der Waals surface area contributed by atoms with E-state index in [1.165, 1.54) is 0 Å². The van der Waals surface area contributed by atoms with E-state index in [2.05, 4.69) is 31.0 Å². The summed E-state index contributed by atoms with van der Waals surface area (Å²) in [4.78, 5) is 25.6. The molecule has 0 bridgehead atoms. The number of carbonyl (C=O) groups excluding carboxylic acids is 2. The lowest BCUT2D eigenvalue weighted by Crippen LogP contribution is -2.34. The Hall–Kier alpha value is -1.96. The SMILES string of the molecule is CN(CC(=O)CC1CCC(O)CC1)CC(C)(C)C.COc1ccc(CCNC(=O)COC(C)(C)C)cc1. The molecule has 0 aliphatic heterocycles. The zero-order chi connectivity index (χ0) is 28.1. The van der Waals surface area contributed by atoms with E-state index in [0.717, 1.165) is 50.0 Å². The zero-order valence-electron chi connectivity index (χ0n) is 24.6. The van der Waals surface area contributed by atoms with E-state index < -0.39 is 0 Å². The Morgan fingerprint density at radius 1 is 1.03 bits per heavy atom. The number of rotatable bonds is 11. The van der Waals surface area contributed by atoms with E-state index in [-0.39, 0.29) is 29.6 Å². The lowest BCUT2D eigenvalue weighted by molar-refractivity contribution is -0.130. The number of ketones is 1. The van der Waals surface area contributed by atoms with Gasteiger partial charge in [-0.1, -0.05) is 32.9 Å². The first-order valence-electron chi connectivity index (χ1n) is 13.6. The number of nitrogens with zero attached hydrogens (tertiary/aromatic N) is 1. The molecule has 2 N–H and O–H groups in total. The molecule has 1 aliphatic rings. The molecule has 1 aromatic rings. The van der Waals surface area contributed by atoms with Gasteiger partial charge in [0.1, 0.15) is 18.1 Å². The average Bonchev–Trinajstić information content (AvgIpc) is 2.78. The molecule has 0 radical (unpaired) electrons. The predicted molar refractivity (Wildman–Crippen MR) is 150 cm³/mol. The second-order valence-corrected chi connectivity index (χ2v) is 12.5. The first-order chi connectivity index (χ1) is 17.2. The lowest BCUT2D eigenvalue weighted by Gasteiger charge is -2.28. The van der Waals surface area contributed by atoms with Crippen LogP contribution in [0.25, 0.3) is 0 Å². The van der Waals surface area contributed by atoms with Gasteiger partial charge < -0.3 is 19.9 Å². The number of carbonyl (C=O) groups is 2. The molecule has 0 atom stereocenters. The van der Waals surface area contributed by atoms with Crippen molar-refractivity contribution in [2.75, 3.05) is 40.4 Å². The number of aliphatic hydroxyl groups excluding tert-OH is 1. The molecule has 7 nitrogen and oxygen atoms in total. The number of amides is 1. The van der Waals surface area contributed by atoms with E-state index in [4.69, 9.17) is 9.47 Å². The number of hydrogen-bond acceptors (Lipinski definition) is 6. The van der Waals surface area contributed by atoms with E-state index >= 15 is 0 Å². The van der Waals surface area contributed by atoms with Crippen LogP contribution in [-0.4, -0.2) is 73.8 Å². The highest BCUT2D eigenvalue weighted by Gasteiger charge is 2.23. The van der Waals surface area contributed by atoms with Gasteiger partial charge in [0.25, 0.3) is 0 Å². The Balaban J connectivity index is 0.000000371. The predicted octanol–water partition coefficient (Wildman–Crippen LogP) is 4.64. The van der Waals surface area contributed by atoms with Crippen molar-refractivity contribution in [1.82, 2.24) is 10.2 Å². The van der Waals surface area contributed by atoms with Gasteiger partial charge in [-0.3, -0.25) is 14.5 Å². The minimum Gasteiger partial charge on any atom is -0.497 e. The van der Waals surface area contributed by atoms with Crippen LogP contribution in [0.4, 0.5) is 0 Å². The lowest BCUT2D eigenvalue weighted by atomic mass is 9.84. The van der Waals surface area contributed by atoms with E-state index in [0.29, 0.717) is 31.2 Å². The highest BCUT2D eigenvalue weighted by molar-refractivity contribution is 5.80. The fourth-order valence-corrected chi connectivity index (χ4v) is 4.37. The normalized spacial score (nSPS) is 18.1. The average molecular weight is 521 g/mol. The van der Waals surface area contributed by atoms with E-state index in [1.54, 1.807) is 7.11 Å². The fourth-order valence-electron chi connectivity index (χ4n) is 4.37. The van der Waals surface area contributed by atoms with Crippen molar-refractivity contribution in [2.24, 2.45) is 11.3 Å². The van der Waals surface area contributed by atoms with Crippen LogP contribution in [0.1, 0.15) is 79.2 Å². The van der Waals surface area contributed by atoms with Crippen LogP contribution in [-0.2, 0) is 20.7 Å². The maximum atomic E-state index is 12.0. The van der Waals surface area contributed by atoms with Crippen molar-refractivity contribution in [1.29, 1.82) is 0 Å². The third kappa shape index (κ3) is 17.2. The quantitative estimate of drug-likeness (QED) is 0.442. The van der Waals surface area contributed by atoms with Gasteiger partial charge in [0.05, 0.1) is 25.4 Å². The molecule has 1 amide bonds. The van der Waals surface area contributed by atoms with Gasteiger partial charge in [0.2, 0.25) is 5.91 Å². The molecule has 0 heterocycles. The van der Waals surface area contributed by atoms with E-state index in [1.807, 2.05) is 52.1 Å². The van der Waals surface area contributed by atoms with Crippen LogP contribution in [0.3, 0.4) is 0 Å². The van der Waals surface area contributed by atoms with Crippen LogP contribution in [0, 0.1) is 11.3 Å². The summed E-state index contributed by atoms with van der Waals surface area (Å²) < 4.78 is 10.5. The molecule has 0 unspecified atom stereocenters. The zero-order valence-corrected chi connectivity index (χ0v) is 24.6. The minimum absolute atomic E-state index is 0.0802. The maximum Gasteiger partial charge on any atom is 0.246 e. The van der Waals surface area contributed by atoms with Gasteiger partial charge in [-0.2, -0.15) is 0 Å². The molecule has 0 aromatic heterocycles. The molecule has 1 aliphatic carbocycles. The molecule has 7 heteroatoms. The molecule has 37 heavy (non-hydrogen) atoms. The fraction of sp³-hybridized carbons (Fsp3) is 0.733. The number of nitrogens with one attached hydrogen (secondary N) is 1. The molecule has 212 valence electrons. The van der Waals surface area contributed by atoms with Crippen LogP contribution >= 0.6 is 0 Å². The first kappa shape index (κ1) is 33.1. The summed E-state index contributed by atoms with van der Waals surface area (Å²) in [5, 5.41) is 12.3. The molecule has 0 saturated heterocycles. The number of aliphatic hydroxyl groups is 1. The molecule has 1 aromatic carbocycles. The summed E-state index contributed by atoms with van der Waals surface area (Å²) in [6, 6.07) is 7.83. The van der Waals surface area contributed by atoms with E-state index in [9.17, 15) is 14.7 Å². The molecule has 2 rings (SSSR count). The summed E-state index contributed by atoms with van der Waals surface area (Å²) in [6.45, 7) is 14.6. The van der Waals surface area contributed by atoms with Gasteiger partial charge in [-0.25, -0.2) is 0 Å². The molecule has 0 spiro atoms. The third-order valence-corrected chi connectivity index (χ3v) is 6.05. The van der Waals surface area contributed by atoms with Crippen molar-refractivity contribution in [3.63, 3.8) is 0 Å². The highest BCUT2D eigenvalue weighted by Crippen LogP contribution is 2.27. The summed E-state index contributed by atoms with van der Waals surface area (Å²) in [6.07, 6.45) is 5.13. The summed E-state index contributed by atoms with van der Waals surface area (Å²) in [5.74, 6) is 1.61. The van der Waals surface area contributed by atoms with Crippen molar-refractivity contribution in [3.8, 4) is 5.75 Å². The van der Waals surface area contributed by atoms with Gasteiger partial charge in [0.15, 0.2) is 0 Å². The summed E-state index contributed by atoms with van der Waals surface area (Å²) in [7, 11) is 3.66. The number of ether oxygens (including phenoxy) is 2.